The van der Waals surface area contributed by atoms with Crippen molar-refractivity contribution < 1.29 is 9.53 Å². The molecule has 106 valence electrons. The summed E-state index contributed by atoms with van der Waals surface area (Å²) in [6.45, 7) is 0. The molecule has 0 aliphatic heterocycles. The second kappa shape index (κ2) is 5.43. The third kappa shape index (κ3) is 2.39. The monoisotopic (exact) mass is 319 g/mol. The Morgan fingerprint density at radius 2 is 1.81 bits per heavy atom. The molecule has 0 radical (unpaired) electrons. The fourth-order valence-electron chi connectivity index (χ4n) is 2.40. The number of rotatable bonds is 3. The van der Waals surface area contributed by atoms with Crippen LogP contribution >= 0.6 is 23.2 Å². The number of methoxy groups -OCH3 is 1. The van der Waals surface area contributed by atoms with Gasteiger partial charge in [-0.1, -0.05) is 23.2 Å². The van der Waals surface area contributed by atoms with Crippen LogP contribution in [0.4, 0.5) is 0 Å². The summed E-state index contributed by atoms with van der Waals surface area (Å²) in [6.07, 6.45) is 0.810. The smallest absolute Gasteiger partial charge is 0.152 e. The molecule has 3 rings (SSSR count). The Bertz CT molecular complexity index is 840. The van der Waals surface area contributed by atoms with Gasteiger partial charge in [-0.25, -0.2) is 0 Å². The molecule has 2 aromatic carbocycles. The van der Waals surface area contributed by atoms with E-state index in [0.29, 0.717) is 27.1 Å². The Hall–Kier alpha value is -1.97. The fraction of sp³-hybridized carbons (Fsp3) is 0.0625. The van der Waals surface area contributed by atoms with E-state index in [1.54, 1.807) is 37.4 Å². The van der Waals surface area contributed by atoms with E-state index in [9.17, 15) is 4.79 Å². The molecule has 0 unspecified atom stereocenters. The molecule has 0 saturated heterocycles. The van der Waals surface area contributed by atoms with Crippen LogP contribution in [0.2, 0.25) is 10.0 Å². The maximum atomic E-state index is 11.5. The number of H-pyrrole nitrogens is 1. The number of nitrogens with one attached hydrogen (secondary N) is 1. The highest BCUT2D eigenvalue weighted by Gasteiger charge is 2.16. The number of hydrogen-bond acceptors (Lipinski definition) is 2. The number of fused-ring (bicyclic) bond motifs is 1. The van der Waals surface area contributed by atoms with Crippen LogP contribution in [0.5, 0.6) is 5.75 Å². The molecular formula is C16H11Cl2NO2. The molecule has 0 spiro atoms. The second-order valence-electron chi connectivity index (χ2n) is 4.57. The predicted octanol–water partition coefficient (Wildman–Crippen LogP) is 4.96. The summed E-state index contributed by atoms with van der Waals surface area (Å²) in [5, 5.41) is 1.92. The van der Waals surface area contributed by atoms with Crippen molar-refractivity contribution in [3.8, 4) is 17.0 Å². The van der Waals surface area contributed by atoms with Crippen molar-refractivity contribution in [2.45, 2.75) is 0 Å². The summed E-state index contributed by atoms with van der Waals surface area (Å²) in [4.78, 5) is 14.8. The molecule has 3 aromatic rings. The van der Waals surface area contributed by atoms with Crippen molar-refractivity contribution in [1.82, 2.24) is 4.98 Å². The minimum absolute atomic E-state index is 0.535. The molecule has 0 aliphatic carbocycles. The Labute approximate surface area is 131 Å². The summed E-state index contributed by atoms with van der Waals surface area (Å²) in [7, 11) is 1.58. The first kappa shape index (κ1) is 14.0. The van der Waals surface area contributed by atoms with Crippen molar-refractivity contribution >= 4 is 40.4 Å². The van der Waals surface area contributed by atoms with Crippen LogP contribution in [0.1, 0.15) is 10.4 Å². The number of benzene rings is 2. The number of aromatic amines is 1. The number of ether oxygens (including phenoxy) is 1. The maximum absolute atomic E-state index is 11.5. The van der Waals surface area contributed by atoms with Crippen molar-refractivity contribution in [3.63, 3.8) is 0 Å². The molecule has 0 fully saturated rings. The Balaban J connectivity index is 2.35. The lowest BCUT2D eigenvalue weighted by atomic mass is 10.1. The number of hydrogen-bond donors (Lipinski definition) is 1. The highest BCUT2D eigenvalue weighted by Crippen LogP contribution is 2.37. The molecular weight excluding hydrogens is 309 g/mol. The second-order valence-corrected chi connectivity index (χ2v) is 5.44. The van der Waals surface area contributed by atoms with Gasteiger partial charge in [0.15, 0.2) is 6.29 Å². The van der Waals surface area contributed by atoms with Crippen LogP contribution in [0.3, 0.4) is 0 Å². The third-order valence-corrected chi connectivity index (χ3v) is 3.82. The first-order valence-electron chi connectivity index (χ1n) is 6.24. The normalized spacial score (nSPS) is 10.8. The fourth-order valence-corrected chi connectivity index (χ4v) is 2.74. The molecule has 5 heteroatoms. The molecule has 0 aliphatic rings. The van der Waals surface area contributed by atoms with Gasteiger partial charge in [0, 0.05) is 32.1 Å². The number of carbonyl (C=O) groups is 1. The van der Waals surface area contributed by atoms with E-state index in [4.69, 9.17) is 27.9 Å². The molecule has 0 bridgehead atoms. The summed E-state index contributed by atoms with van der Waals surface area (Å²) >= 11 is 12.1. The lowest BCUT2D eigenvalue weighted by Crippen LogP contribution is -1.91. The van der Waals surface area contributed by atoms with Gasteiger partial charge in [-0.3, -0.25) is 4.79 Å². The average molecular weight is 320 g/mol. The van der Waals surface area contributed by atoms with Crippen LogP contribution in [-0.2, 0) is 0 Å². The van der Waals surface area contributed by atoms with Crippen molar-refractivity contribution in [2.24, 2.45) is 0 Å². The van der Waals surface area contributed by atoms with Crippen LogP contribution in [0.15, 0.2) is 36.4 Å². The molecule has 3 nitrogen and oxygen atoms in total. The predicted molar refractivity (Wildman–Crippen MR) is 85.7 cm³/mol. The van der Waals surface area contributed by atoms with Crippen molar-refractivity contribution in [3.05, 3.63) is 52.0 Å². The lowest BCUT2D eigenvalue weighted by Gasteiger charge is -2.08. The molecule has 1 aromatic heterocycles. The van der Waals surface area contributed by atoms with Gasteiger partial charge in [0.1, 0.15) is 5.75 Å². The van der Waals surface area contributed by atoms with Gasteiger partial charge in [0.2, 0.25) is 0 Å². The number of aromatic nitrogens is 1. The molecule has 0 atom stereocenters. The van der Waals surface area contributed by atoms with E-state index >= 15 is 0 Å². The van der Waals surface area contributed by atoms with Gasteiger partial charge < -0.3 is 9.72 Å². The van der Waals surface area contributed by atoms with E-state index < -0.39 is 0 Å². The van der Waals surface area contributed by atoms with E-state index in [2.05, 4.69) is 4.98 Å². The van der Waals surface area contributed by atoms with Crippen molar-refractivity contribution in [2.75, 3.05) is 7.11 Å². The van der Waals surface area contributed by atoms with E-state index in [1.165, 1.54) is 0 Å². The van der Waals surface area contributed by atoms with Crippen LogP contribution < -0.4 is 4.74 Å². The first-order chi connectivity index (χ1) is 10.1. The molecule has 21 heavy (non-hydrogen) atoms. The standard InChI is InChI=1S/C16H11Cl2NO2/c1-21-15-5-3-10(18)7-12(15)16-13(8-20)11-6-9(17)2-4-14(11)19-16/h2-8,19H,1H3. The lowest BCUT2D eigenvalue weighted by molar-refractivity contribution is 0.112. The van der Waals surface area contributed by atoms with Gasteiger partial charge in [-0.05, 0) is 36.4 Å². The van der Waals surface area contributed by atoms with Crippen LogP contribution in [0, 0.1) is 0 Å². The van der Waals surface area contributed by atoms with E-state index in [-0.39, 0.29) is 0 Å². The summed E-state index contributed by atoms with van der Waals surface area (Å²) < 4.78 is 5.35. The Morgan fingerprint density at radius 3 is 2.52 bits per heavy atom. The molecule has 1 heterocycles. The largest absolute Gasteiger partial charge is 0.496 e. The average Bonchev–Trinajstić information content (AvgIpc) is 2.84. The Morgan fingerprint density at radius 1 is 1.10 bits per heavy atom. The molecule has 0 saturated carbocycles. The minimum Gasteiger partial charge on any atom is -0.496 e. The first-order valence-corrected chi connectivity index (χ1v) is 7.00. The third-order valence-electron chi connectivity index (χ3n) is 3.35. The Kier molecular flexibility index (Phi) is 3.62. The zero-order chi connectivity index (χ0) is 15.0. The van der Waals surface area contributed by atoms with E-state index in [1.807, 2.05) is 6.07 Å². The molecule has 1 N–H and O–H groups in total. The number of halogens is 2. The van der Waals surface area contributed by atoms with Gasteiger partial charge in [-0.2, -0.15) is 0 Å². The van der Waals surface area contributed by atoms with Gasteiger partial charge in [-0.15, -0.1) is 0 Å². The summed E-state index contributed by atoms with van der Waals surface area (Å²) in [5.74, 6) is 0.639. The topological polar surface area (TPSA) is 42.1 Å². The zero-order valence-electron chi connectivity index (χ0n) is 11.1. The number of aldehydes is 1. The van der Waals surface area contributed by atoms with E-state index in [0.717, 1.165) is 22.8 Å². The maximum Gasteiger partial charge on any atom is 0.152 e. The van der Waals surface area contributed by atoms with Gasteiger partial charge in [0.25, 0.3) is 0 Å². The van der Waals surface area contributed by atoms with Gasteiger partial charge in [0.05, 0.1) is 12.8 Å². The minimum atomic E-state index is 0.535. The highest BCUT2D eigenvalue weighted by atomic mass is 35.5. The summed E-state index contributed by atoms with van der Waals surface area (Å²) in [6, 6.07) is 10.6. The zero-order valence-corrected chi connectivity index (χ0v) is 12.6. The quantitative estimate of drug-likeness (QED) is 0.693. The van der Waals surface area contributed by atoms with Gasteiger partial charge >= 0.3 is 0 Å². The molecule has 0 amide bonds. The summed E-state index contributed by atoms with van der Waals surface area (Å²) in [5.41, 5.74) is 2.77. The number of carbonyl (C=O) groups excluding carboxylic acids is 1. The SMILES string of the molecule is COc1ccc(Cl)cc1-c1[nH]c2ccc(Cl)cc2c1C=O. The highest BCUT2D eigenvalue weighted by molar-refractivity contribution is 6.32. The van der Waals surface area contributed by atoms with Crippen LogP contribution in [-0.4, -0.2) is 18.4 Å². The van der Waals surface area contributed by atoms with Crippen LogP contribution in [0.25, 0.3) is 22.2 Å². The van der Waals surface area contributed by atoms with Crippen molar-refractivity contribution in [1.29, 1.82) is 0 Å².